The lowest BCUT2D eigenvalue weighted by Gasteiger charge is -2.31. The zero-order chi connectivity index (χ0) is 25.4. The second-order valence-electron chi connectivity index (χ2n) is 10.3. The van der Waals surface area contributed by atoms with Gasteiger partial charge in [0, 0.05) is 18.2 Å². The van der Waals surface area contributed by atoms with Crippen molar-refractivity contribution in [3.8, 4) is 0 Å². The van der Waals surface area contributed by atoms with Gasteiger partial charge in [0.1, 0.15) is 0 Å². The quantitative estimate of drug-likeness (QED) is 0.324. The van der Waals surface area contributed by atoms with E-state index in [9.17, 15) is 9.90 Å². The molecule has 0 saturated carbocycles. The van der Waals surface area contributed by atoms with E-state index in [1.165, 1.54) is 17.2 Å². The summed E-state index contributed by atoms with van der Waals surface area (Å²) in [7, 11) is 0. The van der Waals surface area contributed by atoms with Crippen LogP contribution in [0.5, 0.6) is 0 Å². The topological polar surface area (TPSA) is 67.8 Å². The third kappa shape index (κ3) is 8.03. The van der Waals surface area contributed by atoms with Crippen LogP contribution in [0.25, 0.3) is 6.08 Å². The Labute approximate surface area is 210 Å². The fraction of sp³-hybridized carbons (Fsp3) is 0.500. The highest BCUT2D eigenvalue weighted by atomic mass is 16.5. The Balaban J connectivity index is 1.48. The van der Waals surface area contributed by atoms with Gasteiger partial charge >= 0.3 is 5.97 Å². The molecule has 2 N–H and O–H groups in total. The highest BCUT2D eigenvalue weighted by Crippen LogP contribution is 2.32. The van der Waals surface area contributed by atoms with Crippen LogP contribution in [0.3, 0.4) is 0 Å². The van der Waals surface area contributed by atoms with Gasteiger partial charge in [-0.2, -0.15) is 0 Å². The third-order valence-electron chi connectivity index (χ3n) is 6.76. The van der Waals surface area contributed by atoms with Crippen molar-refractivity contribution < 1.29 is 19.4 Å². The maximum Gasteiger partial charge on any atom is 0.330 e. The van der Waals surface area contributed by atoms with E-state index in [0.717, 1.165) is 36.0 Å². The van der Waals surface area contributed by atoms with Crippen LogP contribution in [-0.2, 0) is 27.1 Å². The molecule has 5 nitrogen and oxygen atoms in total. The predicted octanol–water partition coefficient (Wildman–Crippen LogP) is 5.18. The van der Waals surface area contributed by atoms with Gasteiger partial charge in [-0.1, -0.05) is 42.5 Å². The molecule has 1 aliphatic rings. The van der Waals surface area contributed by atoms with Gasteiger partial charge in [-0.3, -0.25) is 0 Å². The number of nitrogens with one attached hydrogen (secondary N) is 1. The van der Waals surface area contributed by atoms with Gasteiger partial charge in [0.25, 0.3) is 0 Å². The Morgan fingerprint density at radius 3 is 2.51 bits per heavy atom. The molecule has 0 spiro atoms. The number of esters is 1. The van der Waals surface area contributed by atoms with Crippen LogP contribution in [0.15, 0.2) is 48.5 Å². The number of hydrogen-bond donors (Lipinski definition) is 2. The first-order chi connectivity index (χ1) is 16.7. The number of β-amino-alcohol motifs (C(OH)–C–C–N with tert-alkyl or cyclic N) is 1. The minimum atomic E-state index is -0.610. The van der Waals surface area contributed by atoms with Crippen molar-refractivity contribution in [1.82, 2.24) is 5.32 Å². The zero-order valence-electron chi connectivity index (χ0n) is 21.8. The summed E-state index contributed by atoms with van der Waals surface area (Å²) in [4.78, 5) is 11.8. The van der Waals surface area contributed by atoms with Crippen LogP contribution in [-0.4, -0.2) is 42.5 Å². The maximum atomic E-state index is 11.8. The Morgan fingerprint density at radius 2 is 1.86 bits per heavy atom. The molecular formula is C30H41NO4. The number of rotatable bonds is 12. The number of aliphatic hydroxyl groups is 1. The Bertz CT molecular complexity index is 988. The van der Waals surface area contributed by atoms with Crippen molar-refractivity contribution in [2.75, 3.05) is 19.8 Å². The molecule has 0 amide bonds. The first kappa shape index (κ1) is 27.1. The van der Waals surface area contributed by atoms with Gasteiger partial charge in [0.2, 0.25) is 0 Å². The summed E-state index contributed by atoms with van der Waals surface area (Å²) in [6.45, 7) is 11.2. The number of ether oxygens (including phenoxy) is 2. The van der Waals surface area contributed by atoms with Crippen molar-refractivity contribution >= 4 is 12.0 Å². The molecule has 0 radical (unpaired) electrons. The predicted molar refractivity (Wildman–Crippen MR) is 141 cm³/mol. The van der Waals surface area contributed by atoms with Gasteiger partial charge < -0.3 is 19.9 Å². The fourth-order valence-electron chi connectivity index (χ4n) is 5.01. The van der Waals surface area contributed by atoms with Crippen LogP contribution in [0.1, 0.15) is 68.0 Å². The molecule has 0 bridgehead atoms. The number of aryl methyl sites for hydroxylation is 1. The van der Waals surface area contributed by atoms with Crippen molar-refractivity contribution in [3.05, 3.63) is 76.4 Å². The van der Waals surface area contributed by atoms with E-state index in [1.807, 2.05) is 32.0 Å². The van der Waals surface area contributed by atoms with E-state index in [0.29, 0.717) is 19.1 Å². The van der Waals surface area contributed by atoms with Gasteiger partial charge in [-0.25, -0.2) is 4.79 Å². The van der Waals surface area contributed by atoms with Crippen LogP contribution < -0.4 is 5.32 Å². The molecule has 35 heavy (non-hydrogen) atoms. The summed E-state index contributed by atoms with van der Waals surface area (Å²) in [5, 5.41) is 14.2. The molecular weight excluding hydrogens is 438 g/mol. The number of benzene rings is 2. The standard InChI is InChI=1S/C30H41NO4/c1-6-34-29(33)15-14-27-21(2)10-9-13-28(27)22(3)35-20-26(32)19-31-30(4,5)18-23-16-24-11-7-8-12-25(24)17-23/h7-15,22-23,26,31-32H,6,16-20H2,1-5H3/b15-14+/t22?,26-/m1/s1. The summed E-state index contributed by atoms with van der Waals surface area (Å²) >= 11 is 0. The Hall–Kier alpha value is -2.47. The molecule has 2 aromatic carbocycles. The normalized spacial score (nSPS) is 15.8. The van der Waals surface area contributed by atoms with Crippen LogP contribution in [0, 0.1) is 12.8 Å². The first-order valence-electron chi connectivity index (χ1n) is 12.7. The van der Waals surface area contributed by atoms with E-state index >= 15 is 0 Å². The molecule has 5 heteroatoms. The zero-order valence-corrected chi connectivity index (χ0v) is 21.8. The van der Waals surface area contributed by atoms with Crippen molar-refractivity contribution in [3.63, 3.8) is 0 Å². The van der Waals surface area contributed by atoms with Gasteiger partial charge in [0.15, 0.2) is 0 Å². The molecule has 0 heterocycles. The van der Waals surface area contributed by atoms with Gasteiger partial charge in [-0.15, -0.1) is 0 Å². The number of carbonyl (C=O) groups is 1. The van der Waals surface area contributed by atoms with Gasteiger partial charge in [-0.05, 0) is 93.7 Å². The lowest BCUT2D eigenvalue weighted by atomic mass is 9.88. The van der Waals surface area contributed by atoms with Crippen molar-refractivity contribution in [2.45, 2.75) is 71.6 Å². The molecule has 0 saturated heterocycles. The van der Waals surface area contributed by atoms with E-state index in [-0.39, 0.29) is 24.2 Å². The number of fused-ring (bicyclic) bond motifs is 1. The Kier molecular flexibility index (Phi) is 9.67. The van der Waals surface area contributed by atoms with E-state index in [4.69, 9.17) is 9.47 Å². The van der Waals surface area contributed by atoms with E-state index in [2.05, 4.69) is 43.4 Å². The first-order valence-corrected chi connectivity index (χ1v) is 12.7. The SMILES string of the molecule is CCOC(=O)/C=C/c1c(C)cccc1C(C)OC[C@H](O)CNC(C)(C)CC1Cc2ccccc2C1. The molecule has 1 aliphatic carbocycles. The van der Waals surface area contributed by atoms with Crippen molar-refractivity contribution in [1.29, 1.82) is 0 Å². The third-order valence-corrected chi connectivity index (χ3v) is 6.76. The average molecular weight is 480 g/mol. The number of carbonyl (C=O) groups excluding carboxylic acids is 1. The van der Waals surface area contributed by atoms with Gasteiger partial charge in [0.05, 0.1) is 25.4 Å². The summed E-state index contributed by atoms with van der Waals surface area (Å²) in [5.41, 5.74) is 5.86. The molecule has 0 aromatic heterocycles. The molecule has 2 atom stereocenters. The van der Waals surface area contributed by atoms with Crippen molar-refractivity contribution in [2.24, 2.45) is 5.92 Å². The minimum absolute atomic E-state index is 0.0685. The lowest BCUT2D eigenvalue weighted by molar-refractivity contribution is -0.137. The minimum Gasteiger partial charge on any atom is -0.463 e. The van der Waals surface area contributed by atoms with Crippen LogP contribution >= 0.6 is 0 Å². The largest absolute Gasteiger partial charge is 0.463 e. The molecule has 1 unspecified atom stereocenters. The molecule has 3 rings (SSSR count). The molecule has 2 aromatic rings. The van der Waals surface area contributed by atoms with Crippen LogP contribution in [0.4, 0.5) is 0 Å². The number of aliphatic hydroxyl groups excluding tert-OH is 1. The average Bonchev–Trinajstić information content (AvgIpc) is 3.22. The second-order valence-corrected chi connectivity index (χ2v) is 10.3. The van der Waals surface area contributed by atoms with Crippen LogP contribution in [0.2, 0.25) is 0 Å². The monoisotopic (exact) mass is 479 g/mol. The second kappa shape index (κ2) is 12.5. The lowest BCUT2D eigenvalue weighted by Crippen LogP contribution is -2.45. The smallest absolute Gasteiger partial charge is 0.330 e. The van der Waals surface area contributed by atoms with E-state index in [1.54, 1.807) is 13.0 Å². The molecule has 190 valence electrons. The highest BCUT2D eigenvalue weighted by molar-refractivity contribution is 5.87. The summed E-state index contributed by atoms with van der Waals surface area (Å²) < 4.78 is 11.0. The fourth-order valence-corrected chi connectivity index (χ4v) is 5.01. The summed E-state index contributed by atoms with van der Waals surface area (Å²) in [5.74, 6) is 0.270. The summed E-state index contributed by atoms with van der Waals surface area (Å²) in [6, 6.07) is 14.7. The molecule has 0 aliphatic heterocycles. The maximum absolute atomic E-state index is 11.8. The Morgan fingerprint density at radius 1 is 1.17 bits per heavy atom. The highest BCUT2D eigenvalue weighted by Gasteiger charge is 2.28. The molecule has 0 fully saturated rings. The number of hydrogen-bond acceptors (Lipinski definition) is 5. The van der Waals surface area contributed by atoms with E-state index < -0.39 is 6.10 Å². The summed E-state index contributed by atoms with van der Waals surface area (Å²) in [6.07, 6.45) is 5.72.